The van der Waals surface area contributed by atoms with Gasteiger partial charge in [0.2, 0.25) is 0 Å². The van der Waals surface area contributed by atoms with Crippen LogP contribution < -0.4 is 5.32 Å². The zero-order valence-electron chi connectivity index (χ0n) is 12.2. The first-order valence-corrected chi connectivity index (χ1v) is 7.11. The number of halogens is 3. The first kappa shape index (κ1) is 15.4. The maximum atomic E-state index is 12.6. The van der Waals surface area contributed by atoms with Crippen molar-refractivity contribution in [3.05, 3.63) is 18.0 Å². The summed E-state index contributed by atoms with van der Waals surface area (Å²) in [6.07, 6.45) is -0.0684. The quantitative estimate of drug-likeness (QED) is 0.917. The molecule has 2 atom stereocenters. The smallest absolute Gasteiger partial charge is 0.311 e. The Kier molecular flexibility index (Phi) is 4.14. The summed E-state index contributed by atoms with van der Waals surface area (Å²) in [6, 6.07) is 1.21. The average Bonchev–Trinajstić information content (AvgIpc) is 2.90. The van der Waals surface area contributed by atoms with E-state index in [1.165, 1.54) is 10.9 Å². The molecule has 0 spiro atoms. The SMILES string of the molecule is CCCNC1C(n2ccc(C(F)(F)F)n2)CCC1(C)C. The summed E-state index contributed by atoms with van der Waals surface area (Å²) < 4.78 is 39.4. The van der Waals surface area contributed by atoms with Crippen LogP contribution in [-0.2, 0) is 6.18 Å². The van der Waals surface area contributed by atoms with Crippen LogP contribution >= 0.6 is 0 Å². The number of hydrogen-bond donors (Lipinski definition) is 1. The van der Waals surface area contributed by atoms with Crippen LogP contribution in [0.3, 0.4) is 0 Å². The molecule has 0 radical (unpaired) electrons. The molecule has 114 valence electrons. The second-order valence-corrected chi connectivity index (χ2v) is 6.21. The first-order valence-electron chi connectivity index (χ1n) is 7.11. The molecule has 1 aromatic rings. The summed E-state index contributed by atoms with van der Waals surface area (Å²) in [5.74, 6) is 0. The molecule has 0 aliphatic heterocycles. The highest BCUT2D eigenvalue weighted by molar-refractivity contribution is 5.07. The third-order valence-electron chi connectivity index (χ3n) is 4.16. The van der Waals surface area contributed by atoms with Gasteiger partial charge in [0, 0.05) is 12.2 Å². The van der Waals surface area contributed by atoms with Gasteiger partial charge in [0.05, 0.1) is 6.04 Å². The molecule has 2 unspecified atom stereocenters. The first-order chi connectivity index (χ1) is 9.25. The lowest BCUT2D eigenvalue weighted by molar-refractivity contribution is -0.141. The van der Waals surface area contributed by atoms with Crippen LogP contribution in [0.15, 0.2) is 12.3 Å². The minimum atomic E-state index is -4.37. The minimum absolute atomic E-state index is 0.00681. The number of aromatic nitrogens is 2. The highest BCUT2D eigenvalue weighted by Crippen LogP contribution is 2.44. The third-order valence-corrected chi connectivity index (χ3v) is 4.16. The maximum Gasteiger partial charge on any atom is 0.435 e. The second kappa shape index (κ2) is 5.39. The maximum absolute atomic E-state index is 12.6. The fourth-order valence-corrected chi connectivity index (χ4v) is 3.03. The van der Waals surface area contributed by atoms with Crippen molar-refractivity contribution in [2.45, 2.75) is 58.3 Å². The molecule has 2 rings (SSSR count). The molecule has 3 nitrogen and oxygen atoms in total. The lowest BCUT2D eigenvalue weighted by atomic mass is 9.86. The zero-order chi connectivity index (χ0) is 15.0. The molecule has 0 amide bonds. The van der Waals surface area contributed by atoms with E-state index in [-0.39, 0.29) is 17.5 Å². The van der Waals surface area contributed by atoms with Crippen molar-refractivity contribution in [2.75, 3.05) is 6.54 Å². The molecule has 1 saturated carbocycles. The summed E-state index contributed by atoms with van der Waals surface area (Å²) in [5, 5.41) is 7.22. The lowest BCUT2D eigenvalue weighted by Crippen LogP contribution is -2.43. The highest BCUT2D eigenvalue weighted by Gasteiger charge is 2.43. The van der Waals surface area contributed by atoms with Gasteiger partial charge in [-0.3, -0.25) is 4.68 Å². The van der Waals surface area contributed by atoms with Crippen LogP contribution in [0, 0.1) is 5.41 Å². The van der Waals surface area contributed by atoms with Crippen LogP contribution in [0.2, 0.25) is 0 Å². The van der Waals surface area contributed by atoms with Crippen LogP contribution in [-0.4, -0.2) is 22.4 Å². The van der Waals surface area contributed by atoms with Gasteiger partial charge in [-0.15, -0.1) is 0 Å². The van der Waals surface area contributed by atoms with Crippen molar-refractivity contribution in [3.63, 3.8) is 0 Å². The molecule has 1 aliphatic carbocycles. The molecule has 0 bridgehead atoms. The van der Waals surface area contributed by atoms with Crippen LogP contribution in [0.4, 0.5) is 13.2 Å². The molecule has 1 fully saturated rings. The van der Waals surface area contributed by atoms with E-state index in [4.69, 9.17) is 0 Å². The lowest BCUT2D eigenvalue weighted by Gasteiger charge is -2.31. The number of hydrogen-bond acceptors (Lipinski definition) is 2. The topological polar surface area (TPSA) is 29.9 Å². The predicted molar refractivity (Wildman–Crippen MR) is 71.4 cm³/mol. The Morgan fingerprint density at radius 3 is 2.70 bits per heavy atom. The number of rotatable bonds is 4. The molecule has 1 N–H and O–H groups in total. The van der Waals surface area contributed by atoms with Gasteiger partial charge in [-0.05, 0) is 37.3 Å². The average molecular weight is 289 g/mol. The molecule has 0 aromatic carbocycles. The van der Waals surface area contributed by atoms with Crippen molar-refractivity contribution < 1.29 is 13.2 Å². The van der Waals surface area contributed by atoms with E-state index < -0.39 is 11.9 Å². The fraction of sp³-hybridized carbons (Fsp3) is 0.786. The Bertz CT molecular complexity index is 451. The van der Waals surface area contributed by atoms with E-state index in [9.17, 15) is 13.2 Å². The van der Waals surface area contributed by atoms with Crippen molar-refractivity contribution >= 4 is 0 Å². The van der Waals surface area contributed by atoms with Gasteiger partial charge in [-0.2, -0.15) is 18.3 Å². The van der Waals surface area contributed by atoms with Crippen molar-refractivity contribution in [3.8, 4) is 0 Å². The van der Waals surface area contributed by atoms with E-state index in [1.807, 2.05) is 0 Å². The monoisotopic (exact) mass is 289 g/mol. The third kappa shape index (κ3) is 3.00. The summed E-state index contributed by atoms with van der Waals surface area (Å²) in [7, 11) is 0. The molecule has 0 saturated heterocycles. The van der Waals surface area contributed by atoms with Gasteiger partial charge in [0.15, 0.2) is 5.69 Å². The highest BCUT2D eigenvalue weighted by atomic mass is 19.4. The molecular formula is C14H22F3N3. The summed E-state index contributed by atoms with van der Waals surface area (Å²) in [6.45, 7) is 7.28. The van der Waals surface area contributed by atoms with Gasteiger partial charge in [-0.25, -0.2) is 0 Å². The Labute approximate surface area is 117 Å². The van der Waals surface area contributed by atoms with Gasteiger partial charge < -0.3 is 5.32 Å². The summed E-state index contributed by atoms with van der Waals surface area (Å²) in [4.78, 5) is 0. The van der Waals surface area contributed by atoms with Crippen molar-refractivity contribution in [2.24, 2.45) is 5.41 Å². The van der Waals surface area contributed by atoms with Gasteiger partial charge >= 0.3 is 6.18 Å². The molecule has 1 heterocycles. The second-order valence-electron chi connectivity index (χ2n) is 6.21. The standard InChI is InChI=1S/C14H22F3N3/c1-4-8-18-12-10(5-7-13(12,2)3)20-9-6-11(19-20)14(15,16)17/h6,9-10,12,18H,4-5,7-8H2,1-3H3. The largest absolute Gasteiger partial charge is 0.435 e. The molecule has 20 heavy (non-hydrogen) atoms. The number of alkyl halides is 3. The zero-order valence-corrected chi connectivity index (χ0v) is 12.2. The van der Waals surface area contributed by atoms with Crippen LogP contribution in [0.5, 0.6) is 0 Å². The molecule has 6 heteroatoms. The number of nitrogens with zero attached hydrogens (tertiary/aromatic N) is 2. The van der Waals surface area contributed by atoms with Gasteiger partial charge in [-0.1, -0.05) is 20.8 Å². The summed E-state index contributed by atoms with van der Waals surface area (Å²) >= 11 is 0. The van der Waals surface area contributed by atoms with E-state index in [0.717, 1.165) is 31.9 Å². The minimum Gasteiger partial charge on any atom is -0.311 e. The Hall–Kier alpha value is -1.04. The predicted octanol–water partition coefficient (Wildman–Crippen LogP) is 3.63. The number of nitrogens with one attached hydrogen (secondary N) is 1. The van der Waals surface area contributed by atoms with Crippen LogP contribution in [0.25, 0.3) is 0 Å². The Morgan fingerprint density at radius 2 is 2.15 bits per heavy atom. The molecule has 1 aliphatic rings. The normalized spacial score (nSPS) is 26.1. The van der Waals surface area contributed by atoms with Gasteiger partial charge in [0.25, 0.3) is 0 Å². The van der Waals surface area contributed by atoms with E-state index in [1.54, 1.807) is 0 Å². The van der Waals surface area contributed by atoms with Crippen LogP contribution in [0.1, 0.15) is 51.8 Å². The molecular weight excluding hydrogens is 267 g/mol. The van der Waals surface area contributed by atoms with E-state index in [0.29, 0.717) is 0 Å². The van der Waals surface area contributed by atoms with Crippen molar-refractivity contribution in [1.82, 2.24) is 15.1 Å². The van der Waals surface area contributed by atoms with E-state index in [2.05, 4.69) is 31.2 Å². The van der Waals surface area contributed by atoms with E-state index >= 15 is 0 Å². The summed E-state index contributed by atoms with van der Waals surface area (Å²) in [5.41, 5.74) is -0.735. The molecule has 1 aromatic heterocycles. The van der Waals surface area contributed by atoms with Crippen molar-refractivity contribution in [1.29, 1.82) is 0 Å². The Morgan fingerprint density at radius 1 is 1.45 bits per heavy atom. The fourth-order valence-electron chi connectivity index (χ4n) is 3.03. The van der Waals surface area contributed by atoms with Gasteiger partial charge in [0.1, 0.15) is 0 Å². The Balaban J connectivity index is 2.20.